The lowest BCUT2D eigenvalue weighted by Crippen LogP contribution is -2.34. The molecule has 0 fully saturated rings. The lowest BCUT2D eigenvalue weighted by Gasteiger charge is -2.26. The fourth-order valence-electron chi connectivity index (χ4n) is 3.92. The summed E-state index contributed by atoms with van der Waals surface area (Å²) in [6, 6.07) is 8.69. The maximum absolute atomic E-state index is 13.4. The highest BCUT2D eigenvalue weighted by molar-refractivity contribution is 7.13. The number of thiophene rings is 1. The van der Waals surface area contributed by atoms with Crippen LogP contribution in [0.4, 0.5) is 4.39 Å². The van der Waals surface area contributed by atoms with E-state index in [9.17, 15) is 9.18 Å². The minimum atomic E-state index is -0.251. The smallest absolute Gasteiger partial charge is 0.226 e. The molecule has 1 aromatic carbocycles. The van der Waals surface area contributed by atoms with Gasteiger partial charge >= 0.3 is 0 Å². The summed E-state index contributed by atoms with van der Waals surface area (Å²) >= 11 is 1.57. The number of hydrogen-bond donors (Lipinski definition) is 1. The van der Waals surface area contributed by atoms with Gasteiger partial charge in [-0.05, 0) is 48.1 Å². The molecule has 3 aromatic heterocycles. The van der Waals surface area contributed by atoms with Crippen LogP contribution in [-0.2, 0) is 11.2 Å². The fraction of sp³-hybridized carbons (Fsp3) is 0.261. The van der Waals surface area contributed by atoms with Gasteiger partial charge in [-0.3, -0.25) is 4.79 Å². The van der Waals surface area contributed by atoms with Gasteiger partial charge in [0.15, 0.2) is 0 Å². The van der Waals surface area contributed by atoms with Crippen molar-refractivity contribution in [2.45, 2.75) is 25.7 Å². The number of amides is 1. The Bertz CT molecular complexity index is 1240. The standard InChI is InChI=1S/C23H21FN4O2S/c24-16-6-7-17-18(14-25-19(17)13-16)15-8-10-28(11-9-15)22(29)5-1-4-21-26-23(27-30-21)20-3-2-12-31-20/h2-3,6-8,12-14,25H,1,4-5,9-11H2. The summed E-state index contributed by atoms with van der Waals surface area (Å²) < 4.78 is 18.7. The van der Waals surface area contributed by atoms with Crippen LogP contribution in [0.1, 0.15) is 30.7 Å². The highest BCUT2D eigenvalue weighted by Gasteiger charge is 2.20. The molecule has 0 radical (unpaired) electrons. The zero-order valence-corrected chi connectivity index (χ0v) is 17.6. The maximum Gasteiger partial charge on any atom is 0.226 e. The van der Waals surface area contributed by atoms with Gasteiger partial charge in [-0.1, -0.05) is 17.3 Å². The molecule has 1 aliphatic rings. The van der Waals surface area contributed by atoms with E-state index in [4.69, 9.17) is 4.52 Å². The number of H-pyrrole nitrogens is 1. The molecule has 5 rings (SSSR count). The lowest BCUT2D eigenvalue weighted by atomic mass is 9.98. The first kappa shape index (κ1) is 19.7. The van der Waals surface area contributed by atoms with E-state index in [0.29, 0.717) is 44.1 Å². The Labute approximate surface area is 182 Å². The maximum atomic E-state index is 13.4. The minimum absolute atomic E-state index is 0.134. The van der Waals surface area contributed by atoms with Gasteiger partial charge < -0.3 is 14.4 Å². The van der Waals surface area contributed by atoms with E-state index in [1.807, 2.05) is 28.6 Å². The third-order valence-corrected chi connectivity index (χ3v) is 6.41. The minimum Gasteiger partial charge on any atom is -0.360 e. The normalized spacial score (nSPS) is 14.2. The van der Waals surface area contributed by atoms with Gasteiger partial charge in [0.2, 0.25) is 17.6 Å². The summed E-state index contributed by atoms with van der Waals surface area (Å²) in [5, 5.41) is 6.98. The molecule has 0 atom stereocenters. The van der Waals surface area contributed by atoms with Crippen molar-refractivity contribution in [3.63, 3.8) is 0 Å². The van der Waals surface area contributed by atoms with Gasteiger partial charge in [0, 0.05) is 48.6 Å². The van der Waals surface area contributed by atoms with Gasteiger partial charge in [-0.25, -0.2) is 4.39 Å². The Hall–Kier alpha value is -3.26. The number of fused-ring (bicyclic) bond motifs is 1. The highest BCUT2D eigenvalue weighted by atomic mass is 32.1. The average Bonchev–Trinajstić information content (AvgIpc) is 3.54. The molecule has 4 aromatic rings. The van der Waals surface area contributed by atoms with E-state index in [2.05, 4.69) is 21.2 Å². The second kappa shape index (κ2) is 8.47. The average molecular weight is 437 g/mol. The van der Waals surface area contributed by atoms with Crippen molar-refractivity contribution in [1.29, 1.82) is 0 Å². The number of benzene rings is 1. The third-order valence-electron chi connectivity index (χ3n) is 5.54. The molecular formula is C23H21FN4O2S. The van der Waals surface area contributed by atoms with Crippen molar-refractivity contribution in [3.8, 4) is 10.7 Å². The molecule has 0 saturated carbocycles. The predicted molar refractivity (Wildman–Crippen MR) is 118 cm³/mol. The molecule has 158 valence electrons. The van der Waals surface area contributed by atoms with E-state index in [-0.39, 0.29) is 11.7 Å². The van der Waals surface area contributed by atoms with Crippen LogP contribution in [0.15, 0.2) is 52.5 Å². The highest BCUT2D eigenvalue weighted by Crippen LogP contribution is 2.30. The molecular weight excluding hydrogens is 415 g/mol. The Morgan fingerprint density at radius 3 is 3.06 bits per heavy atom. The summed E-state index contributed by atoms with van der Waals surface area (Å²) in [4.78, 5) is 23.0. The zero-order chi connectivity index (χ0) is 21.2. The topological polar surface area (TPSA) is 75.0 Å². The summed E-state index contributed by atoms with van der Waals surface area (Å²) in [5.41, 5.74) is 3.06. The molecule has 1 aliphatic heterocycles. The van der Waals surface area contributed by atoms with Gasteiger partial charge in [0.25, 0.3) is 0 Å². The molecule has 0 spiro atoms. The fourth-order valence-corrected chi connectivity index (χ4v) is 4.56. The van der Waals surface area contributed by atoms with Gasteiger partial charge in [0.1, 0.15) is 5.82 Å². The summed E-state index contributed by atoms with van der Waals surface area (Å²) in [6.07, 6.45) is 6.51. The number of aryl methyl sites for hydroxylation is 1. The molecule has 1 amide bonds. The van der Waals surface area contributed by atoms with Crippen LogP contribution in [0.3, 0.4) is 0 Å². The summed E-state index contributed by atoms with van der Waals surface area (Å²) in [5.74, 6) is 1.05. The number of carbonyl (C=O) groups is 1. The van der Waals surface area contributed by atoms with E-state index in [0.717, 1.165) is 27.8 Å². The van der Waals surface area contributed by atoms with Crippen LogP contribution >= 0.6 is 11.3 Å². The summed E-state index contributed by atoms with van der Waals surface area (Å²) in [7, 11) is 0. The SMILES string of the molecule is O=C(CCCc1nc(-c2cccs2)no1)N1CC=C(c2c[nH]c3cc(F)ccc23)CC1. The predicted octanol–water partition coefficient (Wildman–Crippen LogP) is 5.06. The number of nitrogens with zero attached hydrogens (tertiary/aromatic N) is 3. The number of aromatic nitrogens is 3. The van der Waals surface area contributed by atoms with Crippen LogP contribution < -0.4 is 0 Å². The van der Waals surface area contributed by atoms with Gasteiger partial charge in [0.05, 0.1) is 4.88 Å². The number of rotatable bonds is 6. The van der Waals surface area contributed by atoms with Gasteiger partial charge in [-0.2, -0.15) is 4.98 Å². The van der Waals surface area contributed by atoms with Crippen LogP contribution in [0.2, 0.25) is 0 Å². The Morgan fingerprint density at radius 2 is 2.26 bits per heavy atom. The van der Waals surface area contributed by atoms with E-state index in [1.54, 1.807) is 17.4 Å². The van der Waals surface area contributed by atoms with E-state index in [1.165, 1.54) is 17.7 Å². The number of carbonyl (C=O) groups excluding carboxylic acids is 1. The Balaban J connectivity index is 1.15. The first-order valence-corrected chi connectivity index (χ1v) is 11.2. The molecule has 0 aliphatic carbocycles. The van der Waals surface area contributed by atoms with Crippen molar-refractivity contribution in [3.05, 3.63) is 65.3 Å². The third kappa shape index (κ3) is 4.16. The largest absolute Gasteiger partial charge is 0.360 e. The van der Waals surface area contributed by atoms with Crippen LogP contribution in [0.25, 0.3) is 27.2 Å². The molecule has 0 unspecified atom stereocenters. The van der Waals surface area contributed by atoms with Crippen molar-refractivity contribution in [2.24, 2.45) is 0 Å². The number of halogens is 1. The number of aromatic amines is 1. The van der Waals surface area contributed by atoms with Crippen LogP contribution in [-0.4, -0.2) is 39.0 Å². The molecule has 6 nitrogen and oxygen atoms in total. The van der Waals surface area contributed by atoms with Crippen LogP contribution in [0.5, 0.6) is 0 Å². The number of hydrogen-bond acceptors (Lipinski definition) is 5. The molecule has 0 bridgehead atoms. The molecule has 31 heavy (non-hydrogen) atoms. The van der Waals surface area contributed by atoms with Crippen molar-refractivity contribution in [1.82, 2.24) is 20.0 Å². The van der Waals surface area contributed by atoms with E-state index < -0.39 is 0 Å². The second-order valence-electron chi connectivity index (χ2n) is 7.55. The molecule has 0 saturated heterocycles. The molecule has 1 N–H and O–H groups in total. The molecule has 8 heteroatoms. The zero-order valence-electron chi connectivity index (χ0n) is 16.8. The monoisotopic (exact) mass is 436 g/mol. The Kier molecular flexibility index (Phi) is 5.38. The van der Waals surface area contributed by atoms with Crippen molar-refractivity contribution < 1.29 is 13.7 Å². The van der Waals surface area contributed by atoms with Crippen LogP contribution in [0, 0.1) is 5.82 Å². The first-order chi connectivity index (χ1) is 15.2. The summed E-state index contributed by atoms with van der Waals surface area (Å²) in [6.45, 7) is 1.27. The van der Waals surface area contributed by atoms with Crippen molar-refractivity contribution >= 4 is 33.7 Å². The van der Waals surface area contributed by atoms with E-state index >= 15 is 0 Å². The second-order valence-corrected chi connectivity index (χ2v) is 8.50. The Morgan fingerprint density at radius 1 is 1.32 bits per heavy atom. The molecule has 4 heterocycles. The van der Waals surface area contributed by atoms with Crippen molar-refractivity contribution in [2.75, 3.05) is 13.1 Å². The lowest BCUT2D eigenvalue weighted by molar-refractivity contribution is -0.130. The first-order valence-electron chi connectivity index (χ1n) is 10.3. The number of nitrogens with one attached hydrogen (secondary N) is 1. The quantitative estimate of drug-likeness (QED) is 0.459. The van der Waals surface area contributed by atoms with Gasteiger partial charge in [-0.15, -0.1) is 11.3 Å².